The lowest BCUT2D eigenvalue weighted by Crippen LogP contribution is -2.12. The summed E-state index contributed by atoms with van der Waals surface area (Å²) in [6.45, 7) is 0. The number of benzene rings is 2. The molecule has 0 aliphatic heterocycles. The van der Waals surface area contributed by atoms with Gasteiger partial charge in [-0.2, -0.15) is 0 Å². The molecule has 2 aromatic carbocycles. The number of nitrogen functional groups attached to an aromatic ring is 1. The maximum atomic E-state index is 11.3. The highest BCUT2D eigenvalue weighted by atomic mass is 32.2. The van der Waals surface area contributed by atoms with E-state index in [0.717, 1.165) is 22.6 Å². The van der Waals surface area contributed by atoms with Gasteiger partial charge in [-0.05, 0) is 60.7 Å². The molecule has 110 valence electrons. The summed E-state index contributed by atoms with van der Waals surface area (Å²) in [6.07, 6.45) is 3.50. The van der Waals surface area contributed by atoms with Crippen molar-refractivity contribution in [1.82, 2.24) is 0 Å². The number of rotatable bonds is 3. The van der Waals surface area contributed by atoms with Crippen molar-refractivity contribution in [3.8, 4) is 0 Å². The van der Waals surface area contributed by atoms with Gasteiger partial charge in [0.25, 0.3) is 0 Å². The second kappa shape index (κ2) is 5.36. The SMILES string of the molecule is Nc1cc(S(N)(=O)=O)ccc1Sc1ccc2c(c1)CCC2. The highest BCUT2D eigenvalue weighted by Crippen LogP contribution is 2.35. The van der Waals surface area contributed by atoms with E-state index >= 15 is 0 Å². The van der Waals surface area contributed by atoms with Crippen LogP contribution >= 0.6 is 11.8 Å². The zero-order chi connectivity index (χ0) is 15.0. The van der Waals surface area contributed by atoms with Crippen molar-refractivity contribution in [3.63, 3.8) is 0 Å². The molecule has 0 fully saturated rings. The van der Waals surface area contributed by atoms with Crippen molar-refractivity contribution in [2.45, 2.75) is 33.9 Å². The van der Waals surface area contributed by atoms with E-state index < -0.39 is 10.0 Å². The molecule has 4 nitrogen and oxygen atoms in total. The Labute approximate surface area is 128 Å². The fourth-order valence-corrected chi connectivity index (χ4v) is 3.99. The Hall–Kier alpha value is -1.50. The topological polar surface area (TPSA) is 86.2 Å². The lowest BCUT2D eigenvalue weighted by atomic mass is 10.1. The van der Waals surface area contributed by atoms with E-state index in [4.69, 9.17) is 10.9 Å². The van der Waals surface area contributed by atoms with Crippen molar-refractivity contribution < 1.29 is 8.42 Å². The Morgan fingerprint density at radius 1 is 1.00 bits per heavy atom. The predicted octanol–water partition coefficient (Wildman–Crippen LogP) is 2.56. The Bertz CT molecular complexity index is 801. The molecule has 0 radical (unpaired) electrons. The molecule has 0 saturated carbocycles. The number of aryl methyl sites for hydroxylation is 2. The molecule has 0 spiro atoms. The number of fused-ring (bicyclic) bond motifs is 1. The molecule has 21 heavy (non-hydrogen) atoms. The fraction of sp³-hybridized carbons (Fsp3) is 0.200. The van der Waals surface area contributed by atoms with Crippen molar-refractivity contribution in [1.29, 1.82) is 0 Å². The van der Waals surface area contributed by atoms with Gasteiger partial charge in [-0.25, -0.2) is 13.6 Å². The first-order valence-corrected chi connectivity index (χ1v) is 9.02. The number of hydrogen-bond donors (Lipinski definition) is 2. The molecule has 3 rings (SSSR count). The number of nitrogens with two attached hydrogens (primary N) is 2. The van der Waals surface area contributed by atoms with Gasteiger partial charge in [0.05, 0.1) is 4.90 Å². The van der Waals surface area contributed by atoms with Crippen molar-refractivity contribution >= 4 is 27.5 Å². The van der Waals surface area contributed by atoms with Gasteiger partial charge in [-0.15, -0.1) is 0 Å². The molecule has 2 aromatic rings. The summed E-state index contributed by atoms with van der Waals surface area (Å²) in [4.78, 5) is 1.99. The first-order chi connectivity index (χ1) is 9.93. The third kappa shape index (κ3) is 3.07. The summed E-state index contributed by atoms with van der Waals surface area (Å²) >= 11 is 1.54. The highest BCUT2D eigenvalue weighted by Gasteiger charge is 2.13. The lowest BCUT2D eigenvalue weighted by molar-refractivity contribution is 0.598. The predicted molar refractivity (Wildman–Crippen MR) is 84.8 cm³/mol. The zero-order valence-corrected chi connectivity index (χ0v) is 13.0. The molecule has 0 unspecified atom stereocenters. The van der Waals surface area contributed by atoms with E-state index in [0.29, 0.717) is 5.69 Å². The van der Waals surface area contributed by atoms with Crippen LogP contribution in [0.3, 0.4) is 0 Å². The Kier molecular flexibility index (Phi) is 3.69. The van der Waals surface area contributed by atoms with Crippen LogP contribution in [0.4, 0.5) is 5.69 Å². The highest BCUT2D eigenvalue weighted by molar-refractivity contribution is 7.99. The van der Waals surface area contributed by atoms with E-state index in [9.17, 15) is 8.42 Å². The van der Waals surface area contributed by atoms with E-state index in [-0.39, 0.29) is 4.90 Å². The summed E-state index contributed by atoms with van der Waals surface area (Å²) in [5.74, 6) is 0. The zero-order valence-electron chi connectivity index (χ0n) is 11.4. The Morgan fingerprint density at radius 2 is 1.76 bits per heavy atom. The quantitative estimate of drug-likeness (QED) is 0.851. The molecule has 0 heterocycles. The maximum Gasteiger partial charge on any atom is 0.238 e. The van der Waals surface area contributed by atoms with Gasteiger partial charge in [0.1, 0.15) is 0 Å². The Balaban J connectivity index is 1.88. The normalized spacial score (nSPS) is 14.1. The van der Waals surface area contributed by atoms with Crippen LogP contribution in [-0.4, -0.2) is 8.42 Å². The van der Waals surface area contributed by atoms with Crippen LogP contribution in [-0.2, 0) is 22.9 Å². The third-order valence-electron chi connectivity index (χ3n) is 3.61. The monoisotopic (exact) mass is 320 g/mol. The molecule has 4 N–H and O–H groups in total. The molecule has 1 aliphatic rings. The summed E-state index contributed by atoms with van der Waals surface area (Å²) in [5, 5.41) is 5.10. The number of primary sulfonamides is 1. The second-order valence-electron chi connectivity index (χ2n) is 5.13. The molecule has 0 saturated heterocycles. The van der Waals surface area contributed by atoms with E-state index in [2.05, 4.69) is 18.2 Å². The Morgan fingerprint density at radius 3 is 2.48 bits per heavy atom. The molecule has 1 aliphatic carbocycles. The smallest absolute Gasteiger partial charge is 0.238 e. The number of anilines is 1. The van der Waals surface area contributed by atoms with Gasteiger partial charge < -0.3 is 5.73 Å². The van der Waals surface area contributed by atoms with Crippen LogP contribution in [0.5, 0.6) is 0 Å². The minimum atomic E-state index is -3.71. The first kappa shape index (κ1) is 14.4. The van der Waals surface area contributed by atoms with E-state index in [1.165, 1.54) is 41.4 Å². The largest absolute Gasteiger partial charge is 0.398 e. The van der Waals surface area contributed by atoms with Crippen LogP contribution in [0.25, 0.3) is 0 Å². The first-order valence-electron chi connectivity index (χ1n) is 6.65. The van der Waals surface area contributed by atoms with Gasteiger partial charge in [0, 0.05) is 15.5 Å². The fourth-order valence-electron chi connectivity index (χ4n) is 2.54. The minimum absolute atomic E-state index is 0.0401. The molecular formula is C15H16N2O2S2. The standard InChI is InChI=1S/C15H16N2O2S2/c16-14-9-13(21(17,18)19)6-7-15(14)20-12-5-4-10-2-1-3-11(10)8-12/h4-9H,1-3,16H2,(H2,17,18,19). The number of hydrogen-bond acceptors (Lipinski definition) is 4. The van der Waals surface area contributed by atoms with Gasteiger partial charge in [0.2, 0.25) is 10.0 Å². The van der Waals surface area contributed by atoms with Crippen molar-refractivity contribution in [2.75, 3.05) is 5.73 Å². The van der Waals surface area contributed by atoms with Crippen molar-refractivity contribution in [3.05, 3.63) is 47.5 Å². The molecule has 0 bridgehead atoms. The van der Waals surface area contributed by atoms with Gasteiger partial charge in [-0.1, -0.05) is 17.8 Å². The number of sulfonamides is 1. The van der Waals surface area contributed by atoms with Gasteiger partial charge in [-0.3, -0.25) is 0 Å². The maximum absolute atomic E-state index is 11.3. The second-order valence-corrected chi connectivity index (χ2v) is 7.81. The van der Waals surface area contributed by atoms with E-state index in [1.54, 1.807) is 6.07 Å². The average Bonchev–Trinajstić information content (AvgIpc) is 2.87. The molecule has 0 aromatic heterocycles. The third-order valence-corrected chi connectivity index (χ3v) is 5.60. The van der Waals surface area contributed by atoms with Crippen LogP contribution in [0.15, 0.2) is 51.1 Å². The van der Waals surface area contributed by atoms with Crippen LogP contribution < -0.4 is 10.9 Å². The minimum Gasteiger partial charge on any atom is -0.398 e. The average molecular weight is 320 g/mol. The van der Waals surface area contributed by atoms with E-state index in [1.807, 2.05) is 0 Å². The van der Waals surface area contributed by atoms with Gasteiger partial charge >= 0.3 is 0 Å². The van der Waals surface area contributed by atoms with Crippen LogP contribution in [0.1, 0.15) is 17.5 Å². The summed E-state index contributed by atoms with van der Waals surface area (Å²) < 4.78 is 22.6. The van der Waals surface area contributed by atoms with Crippen LogP contribution in [0, 0.1) is 0 Å². The molecule has 6 heteroatoms. The molecule has 0 atom stereocenters. The summed E-state index contributed by atoms with van der Waals surface area (Å²) in [7, 11) is -3.71. The van der Waals surface area contributed by atoms with Gasteiger partial charge in [0.15, 0.2) is 0 Å². The van der Waals surface area contributed by atoms with Crippen molar-refractivity contribution in [2.24, 2.45) is 5.14 Å². The van der Waals surface area contributed by atoms with Crippen LogP contribution in [0.2, 0.25) is 0 Å². The summed E-state index contributed by atoms with van der Waals surface area (Å²) in [6, 6.07) is 11.0. The molecular weight excluding hydrogens is 304 g/mol. The summed E-state index contributed by atoms with van der Waals surface area (Å²) in [5.41, 5.74) is 9.19. The lowest BCUT2D eigenvalue weighted by Gasteiger charge is -2.08. The molecule has 0 amide bonds.